The molecular formula is C20H29N5O2S. The maximum atomic E-state index is 12.6. The first-order chi connectivity index (χ1) is 13.8. The van der Waals surface area contributed by atoms with Crippen molar-refractivity contribution in [3.05, 3.63) is 23.4 Å². The number of aromatic nitrogens is 2. The number of hydrogen-bond acceptors (Lipinski definition) is 7. The van der Waals surface area contributed by atoms with Gasteiger partial charge in [0.25, 0.3) is 0 Å². The predicted octanol–water partition coefficient (Wildman–Crippen LogP) is 2.61. The Kier molecular flexibility index (Phi) is 6.72. The summed E-state index contributed by atoms with van der Waals surface area (Å²) in [4.78, 5) is 22.8. The normalized spacial score (nSPS) is 21.2. The van der Waals surface area contributed by atoms with Gasteiger partial charge in [0.05, 0.1) is 17.3 Å². The molecule has 1 N–H and O–H groups in total. The van der Waals surface area contributed by atoms with E-state index in [4.69, 9.17) is 4.52 Å². The number of piperidine rings is 1. The zero-order chi connectivity index (χ0) is 19.2. The van der Waals surface area contributed by atoms with Crippen LogP contribution in [0.25, 0.3) is 10.7 Å². The second-order valence-corrected chi connectivity index (χ2v) is 8.70. The monoisotopic (exact) mass is 403 g/mol. The molecule has 0 radical (unpaired) electrons. The van der Waals surface area contributed by atoms with Gasteiger partial charge < -0.3 is 14.7 Å². The third kappa shape index (κ3) is 5.18. The standard InChI is InChI=1S/C20H29N5O2S/c26-20(21-8-5-12-24-9-1-2-10-24)16-6-3-11-25(14-16)15-18-22-19(23-27-18)17-7-4-13-28-17/h4,7,13,16H,1-3,5-6,8-12,14-15H2,(H,21,26). The lowest BCUT2D eigenvalue weighted by atomic mass is 9.97. The zero-order valence-corrected chi connectivity index (χ0v) is 17.1. The van der Waals surface area contributed by atoms with Crippen LogP contribution < -0.4 is 5.32 Å². The second kappa shape index (κ2) is 9.62. The van der Waals surface area contributed by atoms with Crippen molar-refractivity contribution in [1.82, 2.24) is 25.3 Å². The van der Waals surface area contributed by atoms with Gasteiger partial charge in [0.15, 0.2) is 0 Å². The number of amides is 1. The Labute approximate surface area is 170 Å². The first-order valence-electron chi connectivity index (χ1n) is 10.4. The maximum Gasteiger partial charge on any atom is 0.241 e. The van der Waals surface area contributed by atoms with Gasteiger partial charge in [0.2, 0.25) is 17.6 Å². The van der Waals surface area contributed by atoms with Crippen LogP contribution >= 0.6 is 11.3 Å². The van der Waals surface area contributed by atoms with Gasteiger partial charge in [-0.3, -0.25) is 9.69 Å². The minimum absolute atomic E-state index is 0.0558. The average molecular weight is 404 g/mol. The summed E-state index contributed by atoms with van der Waals surface area (Å²) in [7, 11) is 0. The number of likely N-dealkylation sites (tertiary alicyclic amines) is 2. The number of nitrogens with zero attached hydrogens (tertiary/aromatic N) is 4. The quantitative estimate of drug-likeness (QED) is 0.683. The zero-order valence-electron chi connectivity index (χ0n) is 16.3. The topological polar surface area (TPSA) is 74.5 Å². The van der Waals surface area contributed by atoms with Crippen LogP contribution in [-0.2, 0) is 11.3 Å². The van der Waals surface area contributed by atoms with Crippen LogP contribution in [-0.4, -0.2) is 65.1 Å². The van der Waals surface area contributed by atoms with Crippen molar-refractivity contribution in [2.75, 3.05) is 39.3 Å². The van der Waals surface area contributed by atoms with E-state index in [1.165, 1.54) is 25.9 Å². The molecule has 2 saturated heterocycles. The van der Waals surface area contributed by atoms with E-state index < -0.39 is 0 Å². The van der Waals surface area contributed by atoms with Gasteiger partial charge in [0, 0.05) is 13.1 Å². The van der Waals surface area contributed by atoms with Crippen LogP contribution in [0.5, 0.6) is 0 Å². The molecule has 152 valence electrons. The van der Waals surface area contributed by atoms with Crippen molar-refractivity contribution in [3.63, 3.8) is 0 Å². The highest BCUT2D eigenvalue weighted by molar-refractivity contribution is 7.13. The van der Waals surface area contributed by atoms with Crippen molar-refractivity contribution in [1.29, 1.82) is 0 Å². The molecule has 7 nitrogen and oxygen atoms in total. The number of rotatable bonds is 8. The molecule has 8 heteroatoms. The van der Waals surface area contributed by atoms with Crippen molar-refractivity contribution >= 4 is 17.2 Å². The van der Waals surface area contributed by atoms with E-state index in [0.717, 1.165) is 50.3 Å². The smallest absolute Gasteiger partial charge is 0.241 e. The summed E-state index contributed by atoms with van der Waals surface area (Å²) in [5.41, 5.74) is 0. The van der Waals surface area contributed by atoms with Gasteiger partial charge in [-0.05, 0) is 69.7 Å². The molecule has 0 bridgehead atoms. The fourth-order valence-electron chi connectivity index (χ4n) is 4.09. The van der Waals surface area contributed by atoms with Crippen molar-refractivity contribution < 1.29 is 9.32 Å². The third-order valence-corrected chi connectivity index (χ3v) is 6.46. The van der Waals surface area contributed by atoms with Gasteiger partial charge in [-0.25, -0.2) is 0 Å². The lowest BCUT2D eigenvalue weighted by molar-refractivity contribution is -0.126. The van der Waals surface area contributed by atoms with Gasteiger partial charge in [0.1, 0.15) is 0 Å². The van der Waals surface area contributed by atoms with Crippen LogP contribution in [0.3, 0.4) is 0 Å². The Hall–Kier alpha value is -1.77. The number of thiophene rings is 1. The van der Waals surface area contributed by atoms with Crippen LogP contribution in [0, 0.1) is 5.92 Å². The average Bonchev–Trinajstić information content (AvgIpc) is 3.47. The lowest BCUT2D eigenvalue weighted by Gasteiger charge is -2.30. The van der Waals surface area contributed by atoms with E-state index >= 15 is 0 Å². The molecule has 1 amide bonds. The first kappa shape index (κ1) is 19.5. The summed E-state index contributed by atoms with van der Waals surface area (Å²) < 4.78 is 5.41. The van der Waals surface area contributed by atoms with Crippen LogP contribution in [0.1, 0.15) is 38.0 Å². The molecule has 28 heavy (non-hydrogen) atoms. The van der Waals surface area contributed by atoms with E-state index in [-0.39, 0.29) is 11.8 Å². The molecule has 0 aromatic carbocycles. The summed E-state index contributed by atoms with van der Waals surface area (Å²) >= 11 is 1.60. The number of hydrogen-bond donors (Lipinski definition) is 1. The Bertz CT molecular complexity index is 742. The molecule has 2 aromatic rings. The molecule has 4 rings (SSSR count). The van der Waals surface area contributed by atoms with Crippen LogP contribution in [0.2, 0.25) is 0 Å². The summed E-state index contributed by atoms with van der Waals surface area (Å²) in [6.45, 7) is 6.65. The third-order valence-electron chi connectivity index (χ3n) is 5.59. The van der Waals surface area contributed by atoms with E-state index in [1.807, 2.05) is 17.5 Å². The highest BCUT2D eigenvalue weighted by atomic mass is 32.1. The summed E-state index contributed by atoms with van der Waals surface area (Å²) in [6.07, 6.45) is 5.66. The predicted molar refractivity (Wildman–Crippen MR) is 109 cm³/mol. The fourth-order valence-corrected chi connectivity index (χ4v) is 4.74. The van der Waals surface area contributed by atoms with Gasteiger partial charge in [-0.2, -0.15) is 4.98 Å². The molecule has 2 fully saturated rings. The van der Waals surface area contributed by atoms with Crippen molar-refractivity contribution in [2.45, 2.75) is 38.6 Å². The number of nitrogens with one attached hydrogen (secondary N) is 1. The van der Waals surface area contributed by atoms with Gasteiger partial charge >= 0.3 is 0 Å². The van der Waals surface area contributed by atoms with Gasteiger partial charge in [-0.15, -0.1) is 11.3 Å². The van der Waals surface area contributed by atoms with E-state index in [0.29, 0.717) is 18.3 Å². The Morgan fingerprint density at radius 2 is 2.11 bits per heavy atom. The second-order valence-electron chi connectivity index (χ2n) is 7.76. The van der Waals surface area contributed by atoms with E-state index in [9.17, 15) is 4.79 Å². The molecule has 0 spiro atoms. The van der Waals surface area contributed by atoms with Crippen molar-refractivity contribution in [3.8, 4) is 10.7 Å². The lowest BCUT2D eigenvalue weighted by Crippen LogP contribution is -2.43. The molecule has 1 unspecified atom stereocenters. The van der Waals surface area contributed by atoms with Crippen LogP contribution in [0.15, 0.2) is 22.0 Å². The van der Waals surface area contributed by atoms with E-state index in [2.05, 4.69) is 25.3 Å². The molecule has 2 aliphatic rings. The molecule has 0 saturated carbocycles. The Morgan fingerprint density at radius 3 is 2.93 bits per heavy atom. The molecule has 4 heterocycles. The van der Waals surface area contributed by atoms with Gasteiger partial charge in [-0.1, -0.05) is 11.2 Å². The Morgan fingerprint density at radius 1 is 1.25 bits per heavy atom. The molecule has 0 aliphatic carbocycles. The maximum absolute atomic E-state index is 12.6. The molecular weight excluding hydrogens is 374 g/mol. The number of carbonyl (C=O) groups is 1. The minimum Gasteiger partial charge on any atom is -0.356 e. The molecule has 2 aliphatic heterocycles. The number of carbonyl (C=O) groups excluding carboxylic acids is 1. The van der Waals surface area contributed by atoms with E-state index in [1.54, 1.807) is 11.3 Å². The summed E-state index contributed by atoms with van der Waals surface area (Å²) in [5.74, 6) is 1.51. The first-order valence-corrected chi connectivity index (χ1v) is 11.2. The van der Waals surface area contributed by atoms with Crippen LogP contribution in [0.4, 0.5) is 0 Å². The van der Waals surface area contributed by atoms with Crippen molar-refractivity contribution in [2.24, 2.45) is 5.92 Å². The molecule has 2 aromatic heterocycles. The largest absolute Gasteiger partial charge is 0.356 e. The highest BCUT2D eigenvalue weighted by Gasteiger charge is 2.26. The Balaban J connectivity index is 1.21. The fraction of sp³-hybridized carbons (Fsp3) is 0.650. The minimum atomic E-state index is 0.0558. The highest BCUT2D eigenvalue weighted by Crippen LogP contribution is 2.23. The SMILES string of the molecule is O=C(NCCCN1CCCC1)C1CCCN(Cc2nc(-c3cccs3)no2)C1. The summed E-state index contributed by atoms with van der Waals surface area (Å²) in [6, 6.07) is 3.97. The summed E-state index contributed by atoms with van der Waals surface area (Å²) in [5, 5.41) is 9.22. The molecule has 1 atom stereocenters.